The Morgan fingerprint density at radius 1 is 1.12 bits per heavy atom. The van der Waals surface area contributed by atoms with Gasteiger partial charge in [-0.2, -0.15) is 8.42 Å². The fraction of sp³-hybridized carbons (Fsp3) is 0.333. The fourth-order valence-electron chi connectivity index (χ4n) is 3.86. The third-order valence-corrected chi connectivity index (χ3v) is 7.20. The first-order valence-corrected chi connectivity index (χ1v) is 12.1. The van der Waals surface area contributed by atoms with E-state index in [1.54, 1.807) is 24.3 Å². The van der Waals surface area contributed by atoms with Crippen molar-refractivity contribution in [2.45, 2.75) is 26.2 Å². The number of anilines is 1. The highest BCUT2D eigenvalue weighted by Gasteiger charge is 2.36. The van der Waals surface area contributed by atoms with Gasteiger partial charge in [0.1, 0.15) is 5.70 Å². The fourth-order valence-corrected chi connectivity index (χ4v) is 5.15. The Morgan fingerprint density at radius 2 is 1.88 bits per heavy atom. The number of carbonyl (C=O) groups excluding carboxylic acids is 1. The van der Waals surface area contributed by atoms with Gasteiger partial charge in [0.2, 0.25) is 0 Å². The summed E-state index contributed by atoms with van der Waals surface area (Å²) in [7, 11) is -1.08. The van der Waals surface area contributed by atoms with Crippen molar-refractivity contribution < 1.29 is 22.7 Å². The lowest BCUT2D eigenvalue weighted by Gasteiger charge is -2.34. The van der Waals surface area contributed by atoms with E-state index in [2.05, 4.69) is 9.71 Å². The summed E-state index contributed by atoms with van der Waals surface area (Å²) in [6.45, 7) is 2.16. The third-order valence-electron chi connectivity index (χ3n) is 5.87. The first kappa shape index (κ1) is 22.8. The summed E-state index contributed by atoms with van der Waals surface area (Å²) >= 11 is 0. The molecule has 1 saturated carbocycles. The quantitative estimate of drug-likeness (QED) is 0.667. The van der Waals surface area contributed by atoms with E-state index < -0.39 is 16.1 Å². The first-order valence-electron chi connectivity index (χ1n) is 10.8. The van der Waals surface area contributed by atoms with Crippen LogP contribution in [-0.2, 0) is 15.0 Å². The number of carbonyl (C=O) groups is 1. The highest BCUT2D eigenvalue weighted by molar-refractivity contribution is 7.88. The second kappa shape index (κ2) is 9.27. The number of rotatable bonds is 7. The Kier molecular flexibility index (Phi) is 6.42. The summed E-state index contributed by atoms with van der Waals surface area (Å²) < 4.78 is 42.2. The van der Waals surface area contributed by atoms with Gasteiger partial charge >= 0.3 is 10.2 Å². The van der Waals surface area contributed by atoms with Crippen molar-refractivity contribution in [1.29, 1.82) is 0 Å². The maximum absolute atomic E-state index is 13.3. The van der Waals surface area contributed by atoms with Gasteiger partial charge in [0.05, 0.1) is 19.9 Å². The van der Waals surface area contributed by atoms with Crippen LogP contribution in [0.1, 0.15) is 30.4 Å². The molecule has 0 bridgehead atoms. The van der Waals surface area contributed by atoms with Crippen molar-refractivity contribution in [3.63, 3.8) is 0 Å². The minimum Gasteiger partial charge on any atom is -0.493 e. The van der Waals surface area contributed by atoms with E-state index in [4.69, 9.17) is 9.47 Å². The van der Waals surface area contributed by atoms with Gasteiger partial charge in [0, 0.05) is 17.8 Å². The molecule has 0 saturated heterocycles. The van der Waals surface area contributed by atoms with Crippen molar-refractivity contribution in [2.75, 3.05) is 26.1 Å². The zero-order valence-electron chi connectivity index (χ0n) is 18.9. The van der Waals surface area contributed by atoms with Crippen molar-refractivity contribution in [1.82, 2.24) is 4.31 Å². The second-order valence-corrected chi connectivity index (χ2v) is 9.72. The highest BCUT2D eigenvalue weighted by atomic mass is 32.2. The Morgan fingerprint density at radius 3 is 2.52 bits per heavy atom. The van der Waals surface area contributed by atoms with Crippen LogP contribution in [0.15, 0.2) is 58.6 Å². The van der Waals surface area contributed by atoms with E-state index in [-0.39, 0.29) is 23.9 Å². The van der Waals surface area contributed by atoms with Gasteiger partial charge in [0.15, 0.2) is 11.5 Å². The molecular formula is C24H27N3O5S. The molecule has 1 aliphatic heterocycles. The van der Waals surface area contributed by atoms with Crippen LogP contribution in [0.4, 0.5) is 5.69 Å². The normalized spacial score (nSPS) is 17.5. The molecule has 0 spiro atoms. The zero-order valence-corrected chi connectivity index (χ0v) is 19.7. The molecule has 0 aromatic heterocycles. The zero-order chi connectivity index (χ0) is 23.6. The molecule has 0 unspecified atom stereocenters. The summed E-state index contributed by atoms with van der Waals surface area (Å²) in [5.74, 6) is 0.656. The molecule has 1 aliphatic carbocycles. The highest BCUT2D eigenvalue weighted by Crippen LogP contribution is 2.33. The Bertz CT molecular complexity index is 1230. The summed E-state index contributed by atoms with van der Waals surface area (Å²) in [5, 5.41) is 2.83. The average Bonchev–Trinajstić information content (AvgIpc) is 2.75. The molecule has 8 nitrogen and oxygen atoms in total. The summed E-state index contributed by atoms with van der Waals surface area (Å²) in [4.78, 5) is 13.3. The molecule has 4 rings (SSSR count). The maximum Gasteiger partial charge on any atom is 0.345 e. The van der Waals surface area contributed by atoms with Crippen molar-refractivity contribution in [3.8, 4) is 11.5 Å². The van der Waals surface area contributed by atoms with Crippen LogP contribution in [0.5, 0.6) is 11.5 Å². The minimum absolute atomic E-state index is 0.0446. The topological polar surface area (TPSA) is 97.3 Å². The largest absolute Gasteiger partial charge is 0.493 e. The smallest absolute Gasteiger partial charge is 0.345 e. The summed E-state index contributed by atoms with van der Waals surface area (Å²) in [5.41, 5.74) is 2.28. The molecular weight excluding hydrogens is 442 g/mol. The van der Waals surface area contributed by atoms with Gasteiger partial charge in [-0.15, -0.1) is 4.40 Å². The molecule has 9 heteroatoms. The number of nitrogens with zero attached hydrogens (tertiary/aromatic N) is 2. The Labute approximate surface area is 194 Å². The second-order valence-electron chi connectivity index (χ2n) is 8.21. The van der Waals surface area contributed by atoms with Crippen LogP contribution in [-0.4, -0.2) is 45.1 Å². The first-order chi connectivity index (χ1) is 15.8. The third kappa shape index (κ3) is 4.88. The SMILES string of the molecule is COc1ccc(C2=NS(=O)(=O)N(CC3CCC3)C(C(=O)Nc3cccc(C)c3)=C2)cc1OC. The molecule has 174 valence electrons. The lowest BCUT2D eigenvalue weighted by Crippen LogP contribution is -2.42. The summed E-state index contributed by atoms with van der Waals surface area (Å²) in [6.07, 6.45) is 4.45. The number of hydrogen-bond donors (Lipinski definition) is 1. The van der Waals surface area contributed by atoms with Crippen molar-refractivity contribution >= 4 is 27.5 Å². The number of ether oxygens (including phenoxy) is 2. The van der Waals surface area contributed by atoms with E-state index >= 15 is 0 Å². The van der Waals surface area contributed by atoms with E-state index in [0.29, 0.717) is 22.7 Å². The van der Waals surface area contributed by atoms with Crippen molar-refractivity contribution in [3.05, 3.63) is 65.4 Å². The number of aryl methyl sites for hydroxylation is 1. The number of benzene rings is 2. The van der Waals surface area contributed by atoms with Gasteiger partial charge in [-0.3, -0.25) is 4.79 Å². The van der Waals surface area contributed by atoms with Gasteiger partial charge < -0.3 is 14.8 Å². The predicted molar refractivity (Wildman–Crippen MR) is 127 cm³/mol. The minimum atomic E-state index is -4.10. The molecule has 0 radical (unpaired) electrons. The van der Waals surface area contributed by atoms with Crippen LogP contribution in [0.2, 0.25) is 0 Å². The molecule has 1 heterocycles. The van der Waals surface area contributed by atoms with Gasteiger partial charge in [0.25, 0.3) is 5.91 Å². The average molecular weight is 470 g/mol. The van der Waals surface area contributed by atoms with Crippen LogP contribution in [0, 0.1) is 12.8 Å². The number of allylic oxidation sites excluding steroid dienone is 1. The van der Waals surface area contributed by atoms with Gasteiger partial charge in [-0.25, -0.2) is 4.31 Å². The van der Waals surface area contributed by atoms with Crippen LogP contribution >= 0.6 is 0 Å². The van der Waals surface area contributed by atoms with Crippen LogP contribution in [0.3, 0.4) is 0 Å². The van der Waals surface area contributed by atoms with Crippen LogP contribution in [0.25, 0.3) is 0 Å². The number of nitrogens with one attached hydrogen (secondary N) is 1. The van der Waals surface area contributed by atoms with E-state index in [1.165, 1.54) is 20.3 Å². The maximum atomic E-state index is 13.3. The van der Waals surface area contributed by atoms with Crippen LogP contribution < -0.4 is 14.8 Å². The molecule has 2 aromatic carbocycles. The van der Waals surface area contributed by atoms with Gasteiger partial charge in [-0.1, -0.05) is 18.6 Å². The molecule has 1 fully saturated rings. The van der Waals surface area contributed by atoms with E-state index in [0.717, 1.165) is 29.1 Å². The van der Waals surface area contributed by atoms with Gasteiger partial charge in [-0.05, 0) is 67.7 Å². The Balaban J connectivity index is 1.73. The molecule has 2 aromatic rings. The lowest BCUT2D eigenvalue weighted by atomic mass is 9.85. The van der Waals surface area contributed by atoms with E-state index in [1.807, 2.05) is 25.1 Å². The molecule has 33 heavy (non-hydrogen) atoms. The predicted octanol–water partition coefficient (Wildman–Crippen LogP) is 3.68. The molecule has 1 N–H and O–H groups in total. The standard InChI is InChI=1S/C24H27N3O5S/c1-16-6-4-9-19(12-16)25-24(28)21-14-20(18-10-11-22(31-2)23(13-18)32-3)26-33(29,30)27(21)15-17-7-5-8-17/h4,6,9-14,17H,5,7-8,15H2,1-3H3,(H,25,28). The Hall–Kier alpha value is -3.33. The number of hydrogen-bond acceptors (Lipinski definition) is 5. The number of methoxy groups -OCH3 is 2. The number of amides is 1. The monoisotopic (exact) mass is 469 g/mol. The summed E-state index contributed by atoms with van der Waals surface area (Å²) in [6, 6.07) is 12.3. The van der Waals surface area contributed by atoms with E-state index in [9.17, 15) is 13.2 Å². The molecule has 2 aliphatic rings. The molecule has 1 amide bonds. The molecule has 0 atom stereocenters. The lowest BCUT2D eigenvalue weighted by molar-refractivity contribution is -0.113. The van der Waals surface area contributed by atoms with Crippen molar-refractivity contribution in [2.24, 2.45) is 10.3 Å².